The Morgan fingerprint density at radius 3 is 2.36 bits per heavy atom. The minimum atomic E-state index is -0.0395. The molecule has 1 fully saturated rings. The standard InChI is InChI=1S/C17H25N7O/c1-21(2)17-18-12-15(13-19-17)14-23-8-6-22(7-9-23)10-11-24-16(25)4-3-5-20-24/h3-5,12-13H,6-11,14H2,1-2H3. The van der Waals surface area contributed by atoms with Crippen LogP contribution in [0.3, 0.4) is 0 Å². The molecular weight excluding hydrogens is 318 g/mol. The van der Waals surface area contributed by atoms with Crippen LogP contribution in [0.15, 0.2) is 35.5 Å². The molecule has 0 spiro atoms. The summed E-state index contributed by atoms with van der Waals surface area (Å²) in [4.78, 5) is 27.1. The van der Waals surface area contributed by atoms with Crippen molar-refractivity contribution in [1.82, 2.24) is 29.5 Å². The molecule has 3 heterocycles. The minimum absolute atomic E-state index is 0.0395. The normalized spacial score (nSPS) is 16.1. The number of aromatic nitrogens is 4. The van der Waals surface area contributed by atoms with Gasteiger partial charge in [0.15, 0.2) is 0 Å². The Labute approximate surface area is 147 Å². The van der Waals surface area contributed by atoms with Gasteiger partial charge in [0.1, 0.15) is 0 Å². The third-order valence-electron chi connectivity index (χ3n) is 4.38. The van der Waals surface area contributed by atoms with Crippen LogP contribution in [0.4, 0.5) is 5.95 Å². The molecule has 0 bridgehead atoms. The second kappa shape index (κ2) is 8.17. The van der Waals surface area contributed by atoms with Gasteiger partial charge in [-0.1, -0.05) is 0 Å². The average Bonchev–Trinajstić information content (AvgIpc) is 2.63. The Bertz CT molecular complexity index is 720. The van der Waals surface area contributed by atoms with Crippen LogP contribution in [0.5, 0.6) is 0 Å². The van der Waals surface area contributed by atoms with E-state index in [0.717, 1.165) is 50.8 Å². The lowest BCUT2D eigenvalue weighted by Gasteiger charge is -2.34. The highest BCUT2D eigenvalue weighted by Gasteiger charge is 2.17. The predicted octanol–water partition coefficient (Wildman–Crippen LogP) is -0.0829. The van der Waals surface area contributed by atoms with Crippen LogP contribution < -0.4 is 10.5 Å². The van der Waals surface area contributed by atoms with E-state index in [1.54, 1.807) is 18.3 Å². The summed E-state index contributed by atoms with van der Waals surface area (Å²) in [6.07, 6.45) is 5.47. The minimum Gasteiger partial charge on any atom is -0.347 e. The van der Waals surface area contributed by atoms with Crippen molar-refractivity contribution in [2.75, 3.05) is 51.7 Å². The molecule has 0 aliphatic carbocycles. The fourth-order valence-electron chi connectivity index (χ4n) is 2.88. The molecule has 0 radical (unpaired) electrons. The number of hydrogen-bond acceptors (Lipinski definition) is 7. The lowest BCUT2D eigenvalue weighted by Crippen LogP contribution is -2.47. The van der Waals surface area contributed by atoms with Crippen LogP contribution in [-0.2, 0) is 13.1 Å². The molecule has 3 rings (SSSR count). The fraction of sp³-hybridized carbons (Fsp3) is 0.529. The van der Waals surface area contributed by atoms with Gasteiger partial charge in [-0.25, -0.2) is 14.6 Å². The first-order valence-corrected chi connectivity index (χ1v) is 8.57. The maximum absolute atomic E-state index is 11.7. The van der Waals surface area contributed by atoms with Crippen LogP contribution in [0, 0.1) is 0 Å². The molecule has 2 aromatic heterocycles. The van der Waals surface area contributed by atoms with Crippen LogP contribution in [0.1, 0.15) is 5.56 Å². The summed E-state index contributed by atoms with van der Waals surface area (Å²) >= 11 is 0. The van der Waals surface area contributed by atoms with Gasteiger partial charge in [0.2, 0.25) is 5.95 Å². The number of hydrogen-bond donors (Lipinski definition) is 0. The van der Waals surface area contributed by atoms with Crippen molar-refractivity contribution in [3.8, 4) is 0 Å². The van der Waals surface area contributed by atoms with Gasteiger partial charge in [0, 0.05) is 83.6 Å². The molecule has 8 nitrogen and oxygen atoms in total. The van der Waals surface area contributed by atoms with Crippen LogP contribution >= 0.6 is 0 Å². The quantitative estimate of drug-likeness (QED) is 0.726. The molecule has 0 aromatic carbocycles. The largest absolute Gasteiger partial charge is 0.347 e. The van der Waals surface area contributed by atoms with E-state index >= 15 is 0 Å². The highest BCUT2D eigenvalue weighted by atomic mass is 16.1. The Morgan fingerprint density at radius 2 is 1.72 bits per heavy atom. The van der Waals surface area contributed by atoms with Gasteiger partial charge in [-0.05, 0) is 6.07 Å². The van der Waals surface area contributed by atoms with E-state index in [1.165, 1.54) is 4.68 Å². The molecule has 1 saturated heterocycles. The molecule has 134 valence electrons. The first-order chi connectivity index (χ1) is 12.1. The maximum Gasteiger partial charge on any atom is 0.266 e. The zero-order valence-electron chi connectivity index (χ0n) is 14.9. The van der Waals surface area contributed by atoms with Crippen molar-refractivity contribution in [3.05, 3.63) is 46.6 Å². The van der Waals surface area contributed by atoms with E-state index in [2.05, 4.69) is 24.9 Å². The predicted molar refractivity (Wildman–Crippen MR) is 96.6 cm³/mol. The molecule has 1 aliphatic rings. The molecule has 1 aliphatic heterocycles. The Kier molecular flexibility index (Phi) is 5.72. The monoisotopic (exact) mass is 343 g/mol. The molecule has 0 atom stereocenters. The maximum atomic E-state index is 11.7. The van der Waals surface area contributed by atoms with Crippen molar-refractivity contribution in [1.29, 1.82) is 0 Å². The van der Waals surface area contributed by atoms with Crippen molar-refractivity contribution in [2.45, 2.75) is 13.1 Å². The molecule has 2 aromatic rings. The third-order valence-corrected chi connectivity index (χ3v) is 4.38. The molecule has 0 N–H and O–H groups in total. The highest BCUT2D eigenvalue weighted by molar-refractivity contribution is 5.26. The van der Waals surface area contributed by atoms with Crippen molar-refractivity contribution in [3.63, 3.8) is 0 Å². The van der Waals surface area contributed by atoms with E-state index in [1.807, 2.05) is 31.4 Å². The zero-order valence-corrected chi connectivity index (χ0v) is 14.9. The van der Waals surface area contributed by atoms with E-state index in [4.69, 9.17) is 0 Å². The average molecular weight is 343 g/mol. The lowest BCUT2D eigenvalue weighted by atomic mass is 10.2. The van der Waals surface area contributed by atoms with Gasteiger partial charge in [0.25, 0.3) is 5.56 Å². The van der Waals surface area contributed by atoms with Gasteiger partial charge < -0.3 is 4.90 Å². The van der Waals surface area contributed by atoms with Gasteiger partial charge in [-0.3, -0.25) is 14.6 Å². The summed E-state index contributed by atoms with van der Waals surface area (Å²) in [5, 5.41) is 4.10. The first-order valence-electron chi connectivity index (χ1n) is 8.57. The van der Waals surface area contributed by atoms with E-state index in [9.17, 15) is 4.79 Å². The second-order valence-electron chi connectivity index (χ2n) is 6.49. The topological polar surface area (TPSA) is 70.4 Å². The number of rotatable bonds is 6. The smallest absolute Gasteiger partial charge is 0.266 e. The van der Waals surface area contributed by atoms with Gasteiger partial charge in [-0.2, -0.15) is 5.10 Å². The molecule has 0 saturated carbocycles. The third kappa shape index (κ3) is 4.83. The second-order valence-corrected chi connectivity index (χ2v) is 6.49. The summed E-state index contributed by atoms with van der Waals surface area (Å²) in [5.74, 6) is 0.735. The van der Waals surface area contributed by atoms with Crippen LogP contribution in [0.25, 0.3) is 0 Å². The van der Waals surface area contributed by atoms with Crippen molar-refractivity contribution in [2.24, 2.45) is 0 Å². The van der Waals surface area contributed by atoms with Crippen LogP contribution in [-0.4, -0.2) is 76.4 Å². The zero-order chi connectivity index (χ0) is 17.6. The van der Waals surface area contributed by atoms with E-state index in [0.29, 0.717) is 6.54 Å². The van der Waals surface area contributed by atoms with E-state index in [-0.39, 0.29) is 5.56 Å². The number of nitrogens with zero attached hydrogens (tertiary/aromatic N) is 7. The molecule has 0 unspecified atom stereocenters. The van der Waals surface area contributed by atoms with E-state index < -0.39 is 0 Å². The van der Waals surface area contributed by atoms with Crippen LogP contribution in [0.2, 0.25) is 0 Å². The molecule has 0 amide bonds. The van der Waals surface area contributed by atoms with Gasteiger partial charge in [0.05, 0.1) is 6.54 Å². The molecular formula is C17H25N7O. The summed E-state index contributed by atoms with van der Waals surface area (Å²) in [6.45, 7) is 6.38. The Hall–Kier alpha value is -2.32. The first kappa shape index (κ1) is 17.5. The Morgan fingerprint density at radius 1 is 1.04 bits per heavy atom. The van der Waals surface area contributed by atoms with Gasteiger partial charge >= 0.3 is 0 Å². The summed E-state index contributed by atoms with van der Waals surface area (Å²) in [5.41, 5.74) is 1.10. The number of piperazine rings is 1. The van der Waals surface area contributed by atoms with Crippen molar-refractivity contribution >= 4 is 5.95 Å². The highest BCUT2D eigenvalue weighted by Crippen LogP contribution is 2.09. The Balaban J connectivity index is 1.44. The summed E-state index contributed by atoms with van der Waals surface area (Å²) < 4.78 is 1.52. The van der Waals surface area contributed by atoms with Gasteiger partial charge in [-0.15, -0.1) is 0 Å². The fourth-order valence-corrected chi connectivity index (χ4v) is 2.88. The molecule has 8 heteroatoms. The lowest BCUT2D eigenvalue weighted by molar-refractivity contribution is 0.122. The summed E-state index contributed by atoms with van der Waals surface area (Å²) in [6, 6.07) is 3.22. The number of anilines is 1. The SMILES string of the molecule is CN(C)c1ncc(CN2CCN(CCn3ncccc3=O)CC2)cn1. The summed E-state index contributed by atoms with van der Waals surface area (Å²) in [7, 11) is 3.88. The van der Waals surface area contributed by atoms with Crippen molar-refractivity contribution < 1.29 is 0 Å². The molecule has 25 heavy (non-hydrogen) atoms.